The Labute approximate surface area is 145 Å². The second kappa shape index (κ2) is 6.30. The van der Waals surface area contributed by atoms with Crippen LogP contribution in [0, 0.1) is 17.0 Å². The normalized spacial score (nSPS) is 12.0. The number of hydrogen-bond acceptors (Lipinski definition) is 5. The molecule has 0 aliphatic carbocycles. The van der Waals surface area contributed by atoms with E-state index in [0.29, 0.717) is 0 Å². The fraction of sp³-hybridized carbons (Fsp3) is 0.562. The Kier molecular flexibility index (Phi) is 5.13. The zero-order valence-electron chi connectivity index (χ0n) is 15.4. The molecule has 0 fully saturated rings. The van der Waals surface area contributed by atoms with Crippen molar-refractivity contribution < 1.29 is 24.7 Å². The zero-order valence-corrected chi connectivity index (χ0v) is 15.4. The topological polar surface area (TPSA) is 134 Å². The maximum absolute atomic E-state index is 11.8. The Morgan fingerprint density at radius 1 is 1.04 bits per heavy atom. The third-order valence-electron chi connectivity index (χ3n) is 3.63. The molecule has 2 amide bonds. The maximum Gasteiger partial charge on any atom is 0.422 e. The number of anilines is 1. The van der Waals surface area contributed by atoms with E-state index in [1.54, 1.807) is 41.5 Å². The Bertz CT molecular complexity index is 730. The summed E-state index contributed by atoms with van der Waals surface area (Å²) in [6.07, 6.45) is -3.45. The monoisotopic (exact) mass is 353 g/mol. The number of imide groups is 1. The van der Waals surface area contributed by atoms with E-state index in [0.717, 1.165) is 0 Å². The predicted molar refractivity (Wildman–Crippen MR) is 91.6 cm³/mol. The van der Waals surface area contributed by atoms with Crippen LogP contribution in [0.5, 0.6) is 0 Å². The SMILES string of the molecule is Cc1c(N(C(=O)O)C(=O)O)nc(C(C)(C)C)c([N+](=O)[O-])c1C(C)(C)C. The number of carboxylic acid groups (broad SMARTS) is 2. The first kappa shape index (κ1) is 20.3. The summed E-state index contributed by atoms with van der Waals surface area (Å²) in [4.78, 5) is 38.2. The summed E-state index contributed by atoms with van der Waals surface area (Å²) in [5.74, 6) is -0.333. The number of rotatable bonds is 2. The summed E-state index contributed by atoms with van der Waals surface area (Å²) in [6.45, 7) is 11.7. The summed E-state index contributed by atoms with van der Waals surface area (Å²) < 4.78 is 0. The lowest BCUT2D eigenvalue weighted by atomic mass is 9.79. The van der Waals surface area contributed by atoms with Gasteiger partial charge in [0.25, 0.3) is 5.69 Å². The van der Waals surface area contributed by atoms with Crippen LogP contribution in [-0.4, -0.2) is 32.3 Å². The van der Waals surface area contributed by atoms with Gasteiger partial charge in [0.2, 0.25) is 0 Å². The van der Waals surface area contributed by atoms with Crippen LogP contribution in [0.2, 0.25) is 0 Å². The van der Waals surface area contributed by atoms with Crippen LogP contribution in [0.15, 0.2) is 0 Å². The van der Waals surface area contributed by atoms with Crippen molar-refractivity contribution in [2.45, 2.75) is 59.3 Å². The van der Waals surface area contributed by atoms with E-state index < -0.39 is 27.9 Å². The van der Waals surface area contributed by atoms with Gasteiger partial charge in [-0.1, -0.05) is 41.5 Å². The van der Waals surface area contributed by atoms with Gasteiger partial charge in [0.05, 0.1) is 4.92 Å². The standard InChI is InChI=1S/C16H23N3O6/c1-8-9(15(2,3)4)10(19(24)25)11(16(5,6)7)17-12(8)18(13(20)21)14(22)23/h1-7H3,(H,20,21)(H,22,23). The molecule has 0 bridgehead atoms. The Morgan fingerprint density at radius 3 is 1.76 bits per heavy atom. The summed E-state index contributed by atoms with van der Waals surface area (Å²) in [6, 6.07) is 0. The van der Waals surface area contributed by atoms with Gasteiger partial charge in [-0.3, -0.25) is 10.1 Å². The number of pyridine rings is 1. The molecule has 25 heavy (non-hydrogen) atoms. The molecule has 1 rings (SSSR count). The number of nitro groups is 1. The van der Waals surface area contributed by atoms with Crippen LogP contribution in [0.1, 0.15) is 58.4 Å². The van der Waals surface area contributed by atoms with Crippen LogP contribution >= 0.6 is 0 Å². The minimum Gasteiger partial charge on any atom is -0.464 e. The molecule has 0 unspecified atom stereocenters. The van der Waals surface area contributed by atoms with Crippen molar-refractivity contribution in [1.82, 2.24) is 4.98 Å². The molecule has 0 spiro atoms. The first-order valence-electron chi connectivity index (χ1n) is 7.56. The predicted octanol–water partition coefficient (Wildman–Crippen LogP) is 4.06. The fourth-order valence-electron chi connectivity index (χ4n) is 2.75. The molecule has 1 heterocycles. The summed E-state index contributed by atoms with van der Waals surface area (Å²) in [5.41, 5.74) is -1.29. The highest BCUT2D eigenvalue weighted by molar-refractivity contribution is 6.07. The minimum absolute atomic E-state index is 0.0375. The van der Waals surface area contributed by atoms with Crippen molar-refractivity contribution in [2.75, 3.05) is 4.90 Å². The van der Waals surface area contributed by atoms with E-state index in [9.17, 15) is 29.9 Å². The van der Waals surface area contributed by atoms with Gasteiger partial charge >= 0.3 is 12.2 Å². The number of hydrogen-bond donors (Lipinski definition) is 2. The molecule has 9 heteroatoms. The maximum atomic E-state index is 11.8. The first-order chi connectivity index (χ1) is 11.1. The van der Waals surface area contributed by atoms with E-state index in [2.05, 4.69) is 4.98 Å². The molecule has 138 valence electrons. The molecule has 0 saturated heterocycles. The Morgan fingerprint density at radius 2 is 1.48 bits per heavy atom. The summed E-state index contributed by atoms with van der Waals surface area (Å²) >= 11 is 0. The van der Waals surface area contributed by atoms with E-state index in [1.807, 2.05) is 0 Å². The van der Waals surface area contributed by atoms with Gasteiger partial charge in [0.1, 0.15) is 5.69 Å². The summed E-state index contributed by atoms with van der Waals surface area (Å²) in [7, 11) is 0. The van der Waals surface area contributed by atoms with E-state index in [1.165, 1.54) is 6.92 Å². The third kappa shape index (κ3) is 3.86. The van der Waals surface area contributed by atoms with Crippen molar-refractivity contribution in [3.8, 4) is 0 Å². The lowest BCUT2D eigenvalue weighted by Gasteiger charge is -2.28. The molecule has 1 aromatic rings. The van der Waals surface area contributed by atoms with Gasteiger partial charge in [0.15, 0.2) is 5.82 Å². The molecule has 0 aromatic carbocycles. The average Bonchev–Trinajstić information content (AvgIpc) is 2.36. The van der Waals surface area contributed by atoms with Crippen LogP contribution in [0.25, 0.3) is 0 Å². The molecule has 0 radical (unpaired) electrons. The van der Waals surface area contributed by atoms with Gasteiger partial charge in [-0.15, -0.1) is 0 Å². The number of carbonyl (C=O) groups is 2. The first-order valence-corrected chi connectivity index (χ1v) is 7.56. The Hall–Kier alpha value is -2.71. The number of amides is 2. The van der Waals surface area contributed by atoms with Crippen molar-refractivity contribution >= 4 is 23.7 Å². The van der Waals surface area contributed by atoms with E-state index in [4.69, 9.17) is 0 Å². The second-order valence-corrected chi connectivity index (χ2v) is 7.79. The third-order valence-corrected chi connectivity index (χ3v) is 3.63. The highest BCUT2D eigenvalue weighted by atomic mass is 16.6. The molecular weight excluding hydrogens is 330 g/mol. The highest BCUT2D eigenvalue weighted by Crippen LogP contribution is 2.43. The van der Waals surface area contributed by atoms with E-state index >= 15 is 0 Å². The van der Waals surface area contributed by atoms with Crippen LogP contribution in [-0.2, 0) is 10.8 Å². The summed E-state index contributed by atoms with van der Waals surface area (Å²) in [5, 5.41) is 30.3. The lowest BCUT2D eigenvalue weighted by molar-refractivity contribution is -0.387. The lowest BCUT2D eigenvalue weighted by Crippen LogP contribution is -2.37. The quantitative estimate of drug-likeness (QED) is 0.605. The van der Waals surface area contributed by atoms with Gasteiger partial charge in [0, 0.05) is 16.5 Å². The smallest absolute Gasteiger partial charge is 0.422 e. The highest BCUT2D eigenvalue weighted by Gasteiger charge is 2.39. The van der Waals surface area contributed by atoms with Crippen LogP contribution < -0.4 is 4.90 Å². The van der Waals surface area contributed by atoms with Gasteiger partial charge < -0.3 is 10.2 Å². The minimum atomic E-state index is -1.73. The molecule has 9 nitrogen and oxygen atoms in total. The van der Waals surface area contributed by atoms with Crippen LogP contribution in [0.3, 0.4) is 0 Å². The fourth-order valence-corrected chi connectivity index (χ4v) is 2.75. The number of aromatic nitrogens is 1. The molecular formula is C16H23N3O6. The molecule has 0 aliphatic rings. The van der Waals surface area contributed by atoms with Crippen molar-refractivity contribution in [1.29, 1.82) is 0 Å². The van der Waals surface area contributed by atoms with Gasteiger partial charge in [-0.05, 0) is 12.3 Å². The second-order valence-electron chi connectivity index (χ2n) is 7.79. The van der Waals surface area contributed by atoms with Gasteiger partial charge in [-0.25, -0.2) is 14.6 Å². The van der Waals surface area contributed by atoms with Crippen molar-refractivity contribution in [3.05, 3.63) is 26.9 Å². The van der Waals surface area contributed by atoms with Gasteiger partial charge in [-0.2, -0.15) is 4.90 Å². The number of nitrogens with zero attached hydrogens (tertiary/aromatic N) is 3. The molecule has 0 aliphatic heterocycles. The average molecular weight is 353 g/mol. The van der Waals surface area contributed by atoms with Crippen molar-refractivity contribution in [3.63, 3.8) is 0 Å². The molecule has 2 N–H and O–H groups in total. The van der Waals surface area contributed by atoms with E-state index in [-0.39, 0.29) is 33.2 Å². The molecule has 0 atom stereocenters. The largest absolute Gasteiger partial charge is 0.464 e. The Balaban J connectivity index is 4.13. The zero-order chi connectivity index (χ0) is 19.9. The van der Waals surface area contributed by atoms with Crippen molar-refractivity contribution in [2.24, 2.45) is 0 Å². The van der Waals surface area contributed by atoms with Crippen LogP contribution in [0.4, 0.5) is 21.1 Å². The molecule has 1 aromatic heterocycles. The molecule has 0 saturated carbocycles.